The molecule has 0 spiro atoms. The summed E-state index contributed by atoms with van der Waals surface area (Å²) >= 11 is 5.43. The Morgan fingerprint density at radius 3 is 2.06 bits per heavy atom. The molecule has 2 N–H and O–H groups in total. The minimum Gasteiger partial charge on any atom is -0.496 e. The summed E-state index contributed by atoms with van der Waals surface area (Å²) in [5.41, 5.74) is 3.45. The third-order valence-electron chi connectivity index (χ3n) is 6.98. The number of nitrogens with one attached hydrogen (secondary N) is 2. The largest absolute Gasteiger partial charge is 0.496 e. The van der Waals surface area contributed by atoms with Gasteiger partial charge in [-0.3, -0.25) is 0 Å². The average Bonchev–Trinajstić information content (AvgIpc) is 2.86. The Morgan fingerprint density at radius 1 is 0.917 bits per heavy atom. The number of hydrogen-bond donors (Lipinski definition) is 2. The van der Waals surface area contributed by atoms with Gasteiger partial charge in [0.1, 0.15) is 5.75 Å². The zero-order valence-electron chi connectivity index (χ0n) is 23.0. The molecule has 1 heterocycles. The molecular formula is C30H48N2O3S. The number of methoxy groups -OCH3 is 1. The molecule has 2 rings (SSSR count). The van der Waals surface area contributed by atoms with Crippen LogP contribution in [0.2, 0.25) is 0 Å². The standard InChI is InChI=1S/C30H48N2O3S/c1-5-7-8-9-10-11-12-13-14-15-16-17-18-20-24-21-19-22-25(34-4)27(24)28-26(29(33)35-6-2)23(3)31-30(36)32-28/h19,21-22,28H,5-18,20H2,1-4H3,(H2,31,32,36). The lowest BCUT2D eigenvalue weighted by molar-refractivity contribution is -0.139. The molecule has 0 fully saturated rings. The SMILES string of the molecule is CCCCCCCCCCCCCCCc1cccc(OC)c1C1NC(=S)NC(C)=C1C(=O)OCC. The van der Waals surface area contributed by atoms with Crippen molar-refractivity contribution in [3.8, 4) is 5.75 Å². The normalized spacial score (nSPS) is 15.4. The number of rotatable bonds is 18. The van der Waals surface area contributed by atoms with Crippen molar-refractivity contribution in [3.05, 3.63) is 40.6 Å². The summed E-state index contributed by atoms with van der Waals surface area (Å²) in [7, 11) is 1.67. The van der Waals surface area contributed by atoms with E-state index in [-0.39, 0.29) is 5.97 Å². The molecule has 0 amide bonds. The lowest BCUT2D eigenvalue weighted by atomic mass is 9.89. The zero-order chi connectivity index (χ0) is 26.2. The Labute approximate surface area is 224 Å². The first-order valence-electron chi connectivity index (χ1n) is 14.1. The first kappa shape index (κ1) is 30.1. The molecule has 0 radical (unpaired) electrons. The van der Waals surface area contributed by atoms with Crippen LogP contribution in [0.1, 0.15) is 121 Å². The van der Waals surface area contributed by atoms with E-state index in [1.54, 1.807) is 7.11 Å². The number of esters is 1. The van der Waals surface area contributed by atoms with E-state index < -0.39 is 6.04 Å². The molecule has 1 aliphatic heterocycles. The summed E-state index contributed by atoms with van der Waals surface area (Å²) in [6.07, 6.45) is 18.3. The summed E-state index contributed by atoms with van der Waals surface area (Å²) < 4.78 is 11.1. The molecule has 5 nitrogen and oxygen atoms in total. The molecule has 1 atom stereocenters. The van der Waals surface area contributed by atoms with Crippen molar-refractivity contribution >= 4 is 23.3 Å². The minimum absolute atomic E-state index is 0.324. The predicted octanol–water partition coefficient (Wildman–Crippen LogP) is 7.68. The second-order valence-electron chi connectivity index (χ2n) is 9.82. The maximum Gasteiger partial charge on any atom is 0.338 e. The van der Waals surface area contributed by atoms with Crippen LogP contribution in [0, 0.1) is 0 Å². The highest BCUT2D eigenvalue weighted by molar-refractivity contribution is 7.80. The fourth-order valence-corrected chi connectivity index (χ4v) is 5.31. The third-order valence-corrected chi connectivity index (χ3v) is 7.20. The van der Waals surface area contributed by atoms with Gasteiger partial charge in [-0.15, -0.1) is 0 Å². The lowest BCUT2D eigenvalue weighted by Crippen LogP contribution is -2.45. The first-order chi connectivity index (χ1) is 17.5. The molecular weight excluding hydrogens is 468 g/mol. The van der Waals surface area contributed by atoms with Crippen LogP contribution in [0.4, 0.5) is 0 Å². The van der Waals surface area contributed by atoms with Crippen molar-refractivity contribution in [2.45, 2.75) is 117 Å². The molecule has 1 aromatic carbocycles. The van der Waals surface area contributed by atoms with Crippen molar-refractivity contribution in [2.75, 3.05) is 13.7 Å². The van der Waals surface area contributed by atoms with Gasteiger partial charge in [-0.2, -0.15) is 0 Å². The Hall–Kier alpha value is -2.08. The number of unbranched alkanes of at least 4 members (excludes halogenated alkanes) is 12. The highest BCUT2D eigenvalue weighted by Gasteiger charge is 2.34. The van der Waals surface area contributed by atoms with Gasteiger partial charge in [0.05, 0.1) is 25.3 Å². The molecule has 1 unspecified atom stereocenters. The van der Waals surface area contributed by atoms with Gasteiger partial charge in [0.25, 0.3) is 0 Å². The molecule has 6 heteroatoms. The number of benzene rings is 1. The van der Waals surface area contributed by atoms with Crippen LogP contribution < -0.4 is 15.4 Å². The number of hydrogen-bond acceptors (Lipinski definition) is 4. The average molecular weight is 517 g/mol. The maximum atomic E-state index is 12.9. The molecule has 1 aromatic rings. The zero-order valence-corrected chi connectivity index (χ0v) is 23.9. The third kappa shape index (κ3) is 9.76. The van der Waals surface area contributed by atoms with E-state index >= 15 is 0 Å². The number of thiocarbonyl (C=S) groups is 1. The van der Waals surface area contributed by atoms with Gasteiger partial charge in [0.15, 0.2) is 5.11 Å². The van der Waals surface area contributed by atoms with Crippen molar-refractivity contribution in [3.63, 3.8) is 0 Å². The van der Waals surface area contributed by atoms with Gasteiger partial charge in [0, 0.05) is 11.3 Å². The van der Waals surface area contributed by atoms with Gasteiger partial charge in [0.2, 0.25) is 0 Å². The van der Waals surface area contributed by atoms with E-state index in [4.69, 9.17) is 21.7 Å². The molecule has 36 heavy (non-hydrogen) atoms. The Morgan fingerprint density at radius 2 is 1.50 bits per heavy atom. The molecule has 0 saturated carbocycles. The summed E-state index contributed by atoms with van der Waals surface area (Å²) in [6.45, 7) is 6.29. The minimum atomic E-state index is -0.397. The van der Waals surface area contributed by atoms with Gasteiger partial charge in [-0.1, -0.05) is 96.1 Å². The number of carbonyl (C=O) groups is 1. The smallest absolute Gasteiger partial charge is 0.338 e. The number of allylic oxidation sites excluding steroid dienone is 1. The number of carbonyl (C=O) groups excluding carboxylic acids is 1. The van der Waals surface area contributed by atoms with E-state index in [9.17, 15) is 4.79 Å². The monoisotopic (exact) mass is 516 g/mol. The Balaban J connectivity index is 1.89. The van der Waals surface area contributed by atoms with Crippen LogP contribution >= 0.6 is 12.2 Å². The number of ether oxygens (including phenoxy) is 2. The fourth-order valence-electron chi connectivity index (χ4n) is 5.04. The topological polar surface area (TPSA) is 59.6 Å². The summed E-state index contributed by atoms with van der Waals surface area (Å²) in [4.78, 5) is 12.9. The first-order valence-corrected chi connectivity index (χ1v) is 14.5. The molecule has 1 aliphatic rings. The van der Waals surface area contributed by atoms with Gasteiger partial charge in [-0.25, -0.2) is 4.79 Å². The van der Waals surface area contributed by atoms with Gasteiger partial charge >= 0.3 is 5.97 Å². The maximum absolute atomic E-state index is 12.9. The van der Waals surface area contributed by atoms with Crippen molar-refractivity contribution < 1.29 is 14.3 Å². The van der Waals surface area contributed by atoms with E-state index in [2.05, 4.69) is 23.6 Å². The van der Waals surface area contributed by atoms with Crippen molar-refractivity contribution in [1.82, 2.24) is 10.6 Å². The van der Waals surface area contributed by atoms with Gasteiger partial charge < -0.3 is 20.1 Å². The quantitative estimate of drug-likeness (QED) is 0.118. The van der Waals surface area contributed by atoms with Crippen molar-refractivity contribution in [2.24, 2.45) is 0 Å². The van der Waals surface area contributed by atoms with Crippen molar-refractivity contribution in [1.29, 1.82) is 0 Å². The summed E-state index contributed by atoms with van der Waals surface area (Å²) in [5.74, 6) is 0.430. The van der Waals surface area contributed by atoms with E-state index in [1.165, 1.54) is 82.6 Å². The Kier molecular flexibility index (Phi) is 14.6. The van der Waals surface area contributed by atoms with Gasteiger partial charge in [-0.05, 0) is 50.5 Å². The highest BCUT2D eigenvalue weighted by atomic mass is 32.1. The summed E-state index contributed by atoms with van der Waals surface area (Å²) in [5, 5.41) is 6.88. The fraction of sp³-hybridized carbons (Fsp3) is 0.667. The van der Waals surface area contributed by atoms with E-state index in [0.717, 1.165) is 29.9 Å². The molecule has 0 saturated heterocycles. The van der Waals surface area contributed by atoms with Crippen LogP contribution in [0.15, 0.2) is 29.5 Å². The van der Waals surface area contributed by atoms with Crippen LogP contribution in [-0.4, -0.2) is 24.8 Å². The molecule has 0 aromatic heterocycles. The van der Waals surface area contributed by atoms with Crippen LogP contribution in [-0.2, 0) is 16.0 Å². The molecule has 0 aliphatic carbocycles. The van der Waals surface area contributed by atoms with Crippen LogP contribution in [0.25, 0.3) is 0 Å². The van der Waals surface area contributed by atoms with Crippen LogP contribution in [0.5, 0.6) is 5.75 Å². The van der Waals surface area contributed by atoms with E-state index in [0.29, 0.717) is 17.3 Å². The predicted molar refractivity (Wildman–Crippen MR) is 153 cm³/mol. The molecule has 0 bridgehead atoms. The molecule has 202 valence electrons. The second kappa shape index (κ2) is 17.4. The highest BCUT2D eigenvalue weighted by Crippen LogP contribution is 2.36. The van der Waals surface area contributed by atoms with E-state index in [1.807, 2.05) is 26.0 Å². The van der Waals surface area contributed by atoms with Crippen LogP contribution in [0.3, 0.4) is 0 Å². The lowest BCUT2D eigenvalue weighted by Gasteiger charge is -2.32. The Bertz CT molecular complexity index is 853. The number of aryl methyl sites for hydroxylation is 1. The second-order valence-corrected chi connectivity index (χ2v) is 10.2. The summed E-state index contributed by atoms with van der Waals surface area (Å²) in [6, 6.07) is 5.72.